The van der Waals surface area contributed by atoms with Crippen LogP contribution in [0.3, 0.4) is 0 Å². The van der Waals surface area contributed by atoms with E-state index in [1.807, 2.05) is 0 Å². The zero-order valence-electron chi connectivity index (χ0n) is 16.8. The van der Waals surface area contributed by atoms with Gasteiger partial charge in [-0.05, 0) is 6.07 Å². The van der Waals surface area contributed by atoms with Gasteiger partial charge in [-0.1, -0.05) is 0 Å². The smallest absolute Gasteiger partial charge is 0.351 e. The fourth-order valence-electron chi connectivity index (χ4n) is 2.17. The molecule has 7 atom stereocenters. The largest absolute Gasteiger partial charge is 0.756 e. The van der Waals surface area contributed by atoms with Gasteiger partial charge in [0.1, 0.15) is 24.1 Å². The van der Waals surface area contributed by atoms with Crippen LogP contribution < -0.4 is 44.6 Å². The molecule has 0 saturated carbocycles. The van der Waals surface area contributed by atoms with Crippen molar-refractivity contribution in [2.24, 2.45) is 0 Å². The number of phosphoric acid groups is 3. The molecule has 3 unspecified atom stereocenters. The van der Waals surface area contributed by atoms with E-state index in [1.165, 1.54) is 6.07 Å². The van der Waals surface area contributed by atoms with Crippen molar-refractivity contribution in [1.82, 2.24) is 28.0 Å². The summed E-state index contributed by atoms with van der Waals surface area (Å²) in [5, 5.41) is 19.9. The van der Waals surface area contributed by atoms with E-state index in [2.05, 4.69) is 18.1 Å². The van der Waals surface area contributed by atoms with Crippen LogP contribution >= 0.6 is 23.5 Å². The van der Waals surface area contributed by atoms with Crippen molar-refractivity contribution >= 4 is 29.3 Å². The van der Waals surface area contributed by atoms with Gasteiger partial charge in [-0.15, -0.1) is 0 Å². The number of phosphoric ester groups is 1. The Balaban J connectivity index is 0. The SMILES string of the molecule is Nc1ccn([C@@H]2O[C@H](COP(=O)([O-])OP(=O)([O-])OP(=O)([O-])O)[C@@H](O)[C@@H]2O)c(=O)n1.[NH4+].[NH4+].[NH4+]. The summed E-state index contributed by atoms with van der Waals surface area (Å²) in [7, 11) is -17.8. The van der Waals surface area contributed by atoms with Crippen LogP contribution in [0.2, 0.25) is 0 Å². The lowest BCUT2D eigenvalue weighted by Gasteiger charge is -2.33. The van der Waals surface area contributed by atoms with E-state index < -0.39 is 60.3 Å². The third-order valence-electron chi connectivity index (χ3n) is 3.26. The number of quaternary nitrogens is 3. The first kappa shape index (κ1) is 33.0. The molecule has 1 aliphatic rings. The summed E-state index contributed by atoms with van der Waals surface area (Å²) < 4.78 is 49.5. The van der Waals surface area contributed by atoms with Gasteiger partial charge in [0.15, 0.2) is 6.23 Å². The minimum absolute atomic E-state index is 0. The number of hydrogen-bond acceptors (Lipinski definition) is 15. The second-order valence-corrected chi connectivity index (χ2v) is 9.70. The van der Waals surface area contributed by atoms with Crippen molar-refractivity contribution in [2.75, 3.05) is 12.3 Å². The molecule has 1 saturated heterocycles. The molecule has 0 aliphatic carbocycles. The van der Waals surface area contributed by atoms with Crippen molar-refractivity contribution in [3.63, 3.8) is 0 Å². The predicted molar refractivity (Wildman–Crippen MR) is 99.9 cm³/mol. The quantitative estimate of drug-likeness (QED) is 0.163. The summed E-state index contributed by atoms with van der Waals surface area (Å²) in [6.45, 7) is -1.12. The molecule has 32 heavy (non-hydrogen) atoms. The molecule has 1 aromatic heterocycles. The highest BCUT2D eigenvalue weighted by molar-refractivity contribution is 7.65. The van der Waals surface area contributed by atoms with Crippen LogP contribution in [0.15, 0.2) is 17.1 Å². The maximum Gasteiger partial charge on any atom is 0.351 e. The van der Waals surface area contributed by atoms with Crippen LogP contribution in [0.5, 0.6) is 0 Å². The van der Waals surface area contributed by atoms with Gasteiger partial charge in [0.25, 0.3) is 23.5 Å². The molecule has 1 aromatic rings. The first-order valence-corrected chi connectivity index (χ1v) is 11.6. The number of ether oxygens (including phenoxy) is 1. The lowest BCUT2D eigenvalue weighted by atomic mass is 10.1. The van der Waals surface area contributed by atoms with Gasteiger partial charge in [-0.3, -0.25) is 18.3 Å². The number of nitrogen functional groups attached to an aromatic ring is 1. The molecular formula is C9H25N6O14P3. The van der Waals surface area contributed by atoms with Crippen LogP contribution in [0.1, 0.15) is 6.23 Å². The van der Waals surface area contributed by atoms with Gasteiger partial charge in [0, 0.05) is 6.20 Å². The first-order chi connectivity index (χ1) is 13.1. The Labute approximate surface area is 179 Å². The fraction of sp³-hybridized carbons (Fsp3) is 0.556. The minimum Gasteiger partial charge on any atom is -0.756 e. The number of nitrogens with zero attached hydrogens (tertiary/aromatic N) is 2. The number of aliphatic hydroxyl groups is 2. The van der Waals surface area contributed by atoms with Gasteiger partial charge in [-0.2, -0.15) is 4.98 Å². The summed E-state index contributed by atoms with van der Waals surface area (Å²) >= 11 is 0. The molecule has 1 fully saturated rings. The zero-order valence-corrected chi connectivity index (χ0v) is 19.5. The van der Waals surface area contributed by atoms with Crippen LogP contribution in [-0.4, -0.2) is 49.6 Å². The second kappa shape index (κ2) is 11.8. The Kier molecular flexibility index (Phi) is 12.2. The fourth-order valence-corrected chi connectivity index (χ4v) is 5.06. The van der Waals surface area contributed by atoms with Gasteiger partial charge < -0.3 is 63.2 Å². The van der Waals surface area contributed by atoms with Gasteiger partial charge >= 0.3 is 5.69 Å². The standard InChI is InChI=1S/C9H16N3O14P3.3H3N/c10-5-1-2-12(9(15)11-5)8-7(14)6(13)4(24-8)3-23-28(19,20)26-29(21,22)25-27(16,17)18;;;/h1-2,4,6-8,13-14H,3H2,(H,19,20)(H,21,22)(H2,10,11,15)(H2,16,17,18);3*1H3/t4-,6-,7+,8-;;;/m1.../s1. The molecule has 0 amide bonds. The van der Waals surface area contributed by atoms with Crippen LogP contribution in [0, 0.1) is 0 Å². The molecule has 1 aliphatic heterocycles. The summed E-state index contributed by atoms with van der Waals surface area (Å²) in [5.41, 5.74) is 4.35. The Hall–Kier alpha value is -1.15. The maximum atomic E-state index is 11.8. The molecule has 20 nitrogen and oxygen atoms in total. The number of rotatable bonds is 8. The van der Waals surface area contributed by atoms with E-state index in [-0.39, 0.29) is 24.3 Å². The van der Waals surface area contributed by atoms with Crippen molar-refractivity contribution < 1.29 is 61.4 Å². The van der Waals surface area contributed by atoms with E-state index >= 15 is 0 Å². The molecule has 0 spiro atoms. The summed E-state index contributed by atoms with van der Waals surface area (Å²) in [6, 6.07) is 1.18. The lowest BCUT2D eigenvalue weighted by molar-refractivity contribution is -0.250. The van der Waals surface area contributed by atoms with Gasteiger partial charge in [0.05, 0.1) is 6.61 Å². The third kappa shape index (κ3) is 9.00. The zero-order chi connectivity index (χ0) is 22.2. The van der Waals surface area contributed by atoms with E-state index in [0.717, 1.165) is 10.8 Å². The number of nitrogens with two attached hydrogens (primary N) is 1. The van der Waals surface area contributed by atoms with Crippen LogP contribution in [-0.2, 0) is 31.6 Å². The van der Waals surface area contributed by atoms with Gasteiger partial charge in [-0.25, -0.2) is 13.4 Å². The topological polar surface area (TPSA) is 388 Å². The van der Waals surface area contributed by atoms with Crippen molar-refractivity contribution in [3.8, 4) is 0 Å². The molecule has 17 N–H and O–H groups in total. The normalized spacial score (nSPS) is 28.1. The monoisotopic (exact) mass is 534 g/mol. The second-order valence-electron chi connectivity index (χ2n) is 5.41. The van der Waals surface area contributed by atoms with E-state index in [4.69, 9.17) is 15.4 Å². The molecule has 2 heterocycles. The molecule has 0 radical (unpaired) electrons. The van der Waals surface area contributed by atoms with E-state index in [1.54, 1.807) is 0 Å². The van der Waals surface area contributed by atoms with E-state index in [0.29, 0.717) is 0 Å². The molecule has 190 valence electrons. The minimum atomic E-state index is -6.09. The highest BCUT2D eigenvalue weighted by Gasteiger charge is 2.44. The average molecular weight is 534 g/mol. The Morgan fingerprint density at radius 1 is 1.09 bits per heavy atom. The summed E-state index contributed by atoms with van der Waals surface area (Å²) in [5.74, 6) is -0.140. The molecule has 23 heteroatoms. The van der Waals surface area contributed by atoms with Crippen LogP contribution in [0.4, 0.5) is 5.82 Å². The predicted octanol–water partition coefficient (Wildman–Crippen LogP) is -2.98. The van der Waals surface area contributed by atoms with Gasteiger partial charge in [0.2, 0.25) is 0 Å². The van der Waals surface area contributed by atoms with Crippen LogP contribution in [0.25, 0.3) is 0 Å². The highest BCUT2D eigenvalue weighted by Crippen LogP contribution is 2.61. The Morgan fingerprint density at radius 3 is 2.16 bits per heavy atom. The average Bonchev–Trinajstić information content (AvgIpc) is 2.78. The van der Waals surface area contributed by atoms with Crippen molar-refractivity contribution in [3.05, 3.63) is 22.7 Å². The maximum absolute atomic E-state index is 11.8. The number of hydrogen-bond donors (Lipinski definition) is 7. The molecule has 0 aromatic carbocycles. The molecule has 0 bridgehead atoms. The van der Waals surface area contributed by atoms with Crippen molar-refractivity contribution in [1.29, 1.82) is 0 Å². The van der Waals surface area contributed by atoms with E-state index in [9.17, 15) is 43.4 Å². The summed E-state index contributed by atoms with van der Waals surface area (Å²) in [6.07, 6.45) is -5.62. The Morgan fingerprint density at radius 2 is 1.66 bits per heavy atom. The Bertz CT molecular complexity index is 954. The number of aromatic nitrogens is 2. The third-order valence-corrected chi connectivity index (χ3v) is 6.95. The molecule has 2 rings (SSSR count). The number of aliphatic hydroxyl groups excluding tert-OH is 2. The lowest BCUT2D eigenvalue weighted by Crippen LogP contribution is -2.36. The first-order valence-electron chi connectivity index (χ1n) is 7.20. The molecular weight excluding hydrogens is 509 g/mol. The summed E-state index contributed by atoms with van der Waals surface area (Å²) in [4.78, 5) is 56.4. The number of anilines is 1. The van der Waals surface area contributed by atoms with Crippen molar-refractivity contribution in [2.45, 2.75) is 24.5 Å². The highest BCUT2D eigenvalue weighted by atomic mass is 31.3.